The highest BCUT2D eigenvalue weighted by Crippen LogP contribution is 2.24. The van der Waals surface area contributed by atoms with Crippen molar-refractivity contribution in [1.29, 1.82) is 0 Å². The van der Waals surface area contributed by atoms with Crippen LogP contribution in [0.25, 0.3) is 0 Å². The normalized spacial score (nSPS) is 21.2. The number of sulfone groups is 1. The van der Waals surface area contributed by atoms with Crippen LogP contribution in [0, 0.1) is 0 Å². The van der Waals surface area contributed by atoms with E-state index in [9.17, 15) is 16.8 Å². The fraction of sp³-hybridized carbons (Fsp3) is 0.500. The predicted molar refractivity (Wildman–Crippen MR) is 78.9 cm³/mol. The van der Waals surface area contributed by atoms with Crippen molar-refractivity contribution in [2.75, 3.05) is 19.3 Å². The molecule has 0 amide bonds. The summed E-state index contributed by atoms with van der Waals surface area (Å²) in [6, 6.07) is 6.74. The second kappa shape index (κ2) is 5.63. The van der Waals surface area contributed by atoms with E-state index < -0.39 is 25.1 Å². The van der Waals surface area contributed by atoms with Gasteiger partial charge in [0.2, 0.25) is 10.0 Å². The molecular formula is C12H16ClNO4S2. The number of hydrogen-bond acceptors (Lipinski definition) is 4. The highest BCUT2D eigenvalue weighted by molar-refractivity contribution is 7.91. The molecule has 5 nitrogen and oxygen atoms in total. The predicted octanol–water partition coefficient (Wildman–Crippen LogP) is 1.29. The van der Waals surface area contributed by atoms with Gasteiger partial charge in [-0.15, -0.1) is 0 Å². The molecule has 20 heavy (non-hydrogen) atoms. The Morgan fingerprint density at radius 1 is 1.25 bits per heavy atom. The van der Waals surface area contributed by atoms with Gasteiger partial charge in [0.05, 0.1) is 11.0 Å². The number of nitrogens with zero attached hydrogens (tertiary/aromatic N) is 1. The van der Waals surface area contributed by atoms with Crippen molar-refractivity contribution in [3.63, 3.8) is 0 Å². The summed E-state index contributed by atoms with van der Waals surface area (Å²) in [5.74, 6) is -0.205. The van der Waals surface area contributed by atoms with Gasteiger partial charge in [-0.05, 0) is 18.1 Å². The summed E-state index contributed by atoms with van der Waals surface area (Å²) in [6.07, 6.45) is 1.49. The second-order valence-electron chi connectivity index (χ2n) is 4.95. The summed E-state index contributed by atoms with van der Waals surface area (Å²) >= 11 is 5.96. The molecule has 0 unspecified atom stereocenters. The van der Waals surface area contributed by atoms with Crippen LogP contribution in [0.2, 0.25) is 5.02 Å². The quantitative estimate of drug-likeness (QED) is 0.830. The van der Waals surface area contributed by atoms with Crippen LogP contribution in [-0.2, 0) is 25.6 Å². The Hall–Kier alpha value is -0.630. The Kier molecular flexibility index (Phi) is 4.44. The molecule has 0 spiro atoms. The number of halogens is 1. The molecule has 112 valence electrons. The van der Waals surface area contributed by atoms with Crippen molar-refractivity contribution < 1.29 is 16.8 Å². The molecule has 1 aliphatic heterocycles. The average Bonchev–Trinajstić information content (AvgIpc) is 2.81. The number of benzene rings is 1. The van der Waals surface area contributed by atoms with Gasteiger partial charge in [0.15, 0.2) is 9.84 Å². The third-order valence-corrected chi connectivity index (χ3v) is 7.16. The zero-order valence-corrected chi connectivity index (χ0v) is 13.4. The van der Waals surface area contributed by atoms with Gasteiger partial charge in [-0.1, -0.05) is 29.8 Å². The van der Waals surface area contributed by atoms with E-state index in [0.29, 0.717) is 17.0 Å². The second-order valence-corrected chi connectivity index (χ2v) is 9.65. The van der Waals surface area contributed by atoms with Crippen LogP contribution in [0.4, 0.5) is 0 Å². The summed E-state index contributed by atoms with van der Waals surface area (Å²) in [5, 5.41) is -0.210. The van der Waals surface area contributed by atoms with E-state index in [1.54, 1.807) is 24.3 Å². The summed E-state index contributed by atoms with van der Waals surface area (Å²) in [6.45, 7) is 0.274. The van der Waals surface area contributed by atoms with Crippen molar-refractivity contribution in [3.8, 4) is 0 Å². The maximum Gasteiger partial charge on any atom is 0.218 e. The summed E-state index contributed by atoms with van der Waals surface area (Å²) in [7, 11) is -6.75. The zero-order valence-electron chi connectivity index (χ0n) is 11.0. The first-order chi connectivity index (χ1) is 9.20. The van der Waals surface area contributed by atoms with Crippen LogP contribution < -0.4 is 0 Å². The van der Waals surface area contributed by atoms with Crippen molar-refractivity contribution in [1.82, 2.24) is 4.31 Å². The van der Waals surface area contributed by atoms with Gasteiger partial charge in [0, 0.05) is 24.4 Å². The van der Waals surface area contributed by atoms with Gasteiger partial charge < -0.3 is 0 Å². The van der Waals surface area contributed by atoms with Gasteiger partial charge in [0.1, 0.15) is 0 Å². The fourth-order valence-corrected chi connectivity index (χ4v) is 5.18. The van der Waals surface area contributed by atoms with Crippen molar-refractivity contribution in [2.24, 2.45) is 0 Å². The topological polar surface area (TPSA) is 71.5 Å². The largest absolute Gasteiger partial charge is 0.229 e. The van der Waals surface area contributed by atoms with E-state index in [1.807, 2.05) is 0 Å². The molecule has 1 fully saturated rings. The van der Waals surface area contributed by atoms with E-state index in [1.165, 1.54) is 4.31 Å². The molecule has 0 radical (unpaired) electrons. The fourth-order valence-electron chi connectivity index (χ4n) is 2.20. The summed E-state index contributed by atoms with van der Waals surface area (Å²) in [4.78, 5) is 0. The van der Waals surface area contributed by atoms with Crippen molar-refractivity contribution in [3.05, 3.63) is 34.9 Å². The molecule has 1 aromatic carbocycles. The highest BCUT2D eigenvalue weighted by atomic mass is 35.5. The smallest absolute Gasteiger partial charge is 0.218 e. The van der Waals surface area contributed by atoms with Gasteiger partial charge >= 0.3 is 0 Å². The van der Waals surface area contributed by atoms with Gasteiger partial charge in [-0.25, -0.2) is 21.1 Å². The minimum atomic E-state index is -3.54. The molecule has 8 heteroatoms. The molecule has 1 atom stereocenters. The number of sulfonamides is 1. The first-order valence-corrected chi connectivity index (χ1v) is 10.0. The molecule has 0 saturated carbocycles. The lowest BCUT2D eigenvalue weighted by Crippen LogP contribution is -2.32. The van der Waals surface area contributed by atoms with Crippen LogP contribution in [0.1, 0.15) is 12.0 Å². The van der Waals surface area contributed by atoms with Gasteiger partial charge in [-0.3, -0.25) is 0 Å². The molecule has 1 heterocycles. The Bertz CT molecular complexity index is 700. The third kappa shape index (κ3) is 3.52. The lowest BCUT2D eigenvalue weighted by atomic mass is 10.2. The zero-order chi connectivity index (χ0) is 15.0. The average molecular weight is 338 g/mol. The molecular weight excluding hydrogens is 322 g/mol. The van der Waals surface area contributed by atoms with Crippen molar-refractivity contribution >= 4 is 31.5 Å². The molecule has 0 bridgehead atoms. The molecule has 1 saturated heterocycles. The first-order valence-electron chi connectivity index (χ1n) is 6.10. The molecule has 2 rings (SSSR count). The Labute approximate surface area is 124 Å². The minimum absolute atomic E-state index is 0.0334. The SMILES string of the molecule is CS(=O)(=O)[C@H]1CCN(S(=O)(=O)Cc2ccccc2Cl)C1. The van der Waals surface area contributed by atoms with E-state index in [0.717, 1.165) is 6.26 Å². The van der Waals surface area contributed by atoms with Crippen LogP contribution in [0.5, 0.6) is 0 Å². The summed E-state index contributed by atoms with van der Waals surface area (Å²) in [5.41, 5.74) is 0.525. The lowest BCUT2D eigenvalue weighted by molar-refractivity contribution is 0.476. The Morgan fingerprint density at radius 3 is 2.45 bits per heavy atom. The molecule has 1 aliphatic rings. The minimum Gasteiger partial charge on any atom is -0.229 e. The number of rotatable bonds is 4. The van der Waals surface area contributed by atoms with Crippen LogP contribution in [0.15, 0.2) is 24.3 Å². The maximum absolute atomic E-state index is 12.3. The standard InChI is InChI=1S/C12H16ClNO4S2/c1-19(15,16)11-6-7-14(8-11)20(17,18)9-10-4-2-3-5-12(10)13/h2-5,11H,6-9H2,1H3/t11-/m0/s1. The molecule has 0 aliphatic carbocycles. The Balaban J connectivity index is 2.15. The molecule has 1 aromatic rings. The first kappa shape index (κ1) is 15.8. The van der Waals surface area contributed by atoms with Crippen LogP contribution in [0.3, 0.4) is 0 Å². The lowest BCUT2D eigenvalue weighted by Gasteiger charge is -2.16. The van der Waals surface area contributed by atoms with Crippen LogP contribution >= 0.6 is 11.6 Å². The van der Waals surface area contributed by atoms with Gasteiger partial charge in [-0.2, -0.15) is 0 Å². The monoisotopic (exact) mass is 337 g/mol. The number of hydrogen-bond donors (Lipinski definition) is 0. The summed E-state index contributed by atoms with van der Waals surface area (Å²) < 4.78 is 48.8. The van der Waals surface area contributed by atoms with Crippen molar-refractivity contribution in [2.45, 2.75) is 17.4 Å². The van der Waals surface area contributed by atoms with E-state index in [4.69, 9.17) is 11.6 Å². The third-order valence-electron chi connectivity index (χ3n) is 3.40. The van der Waals surface area contributed by atoms with E-state index in [2.05, 4.69) is 0 Å². The molecule has 0 N–H and O–H groups in total. The maximum atomic E-state index is 12.3. The van der Waals surface area contributed by atoms with Gasteiger partial charge in [0.25, 0.3) is 0 Å². The Morgan fingerprint density at radius 2 is 1.90 bits per heavy atom. The van der Waals surface area contributed by atoms with Crippen LogP contribution in [-0.4, -0.2) is 45.7 Å². The van der Waals surface area contributed by atoms with E-state index in [-0.39, 0.29) is 18.8 Å². The molecule has 0 aromatic heterocycles. The van der Waals surface area contributed by atoms with E-state index >= 15 is 0 Å². The highest BCUT2D eigenvalue weighted by Gasteiger charge is 2.36.